The minimum Gasteiger partial charge on any atom is -0.355 e. The molecule has 1 N–H and O–H groups in total. The van der Waals surface area contributed by atoms with Crippen molar-refractivity contribution in [3.63, 3.8) is 0 Å². The van der Waals surface area contributed by atoms with Crippen molar-refractivity contribution in [2.45, 2.75) is 45.2 Å². The van der Waals surface area contributed by atoms with Crippen LogP contribution in [-0.4, -0.2) is 44.3 Å². The van der Waals surface area contributed by atoms with E-state index in [-0.39, 0.29) is 23.0 Å². The highest BCUT2D eigenvalue weighted by Gasteiger charge is 2.33. The van der Waals surface area contributed by atoms with Crippen molar-refractivity contribution in [3.05, 3.63) is 95.3 Å². The van der Waals surface area contributed by atoms with Gasteiger partial charge in [-0.2, -0.15) is 0 Å². The zero-order chi connectivity index (χ0) is 27.2. The first kappa shape index (κ1) is 27.9. The third-order valence-electron chi connectivity index (χ3n) is 6.13. The van der Waals surface area contributed by atoms with Gasteiger partial charge in [-0.25, -0.2) is 12.8 Å². The summed E-state index contributed by atoms with van der Waals surface area (Å²) in [6.07, 6.45) is 0. The van der Waals surface area contributed by atoms with Gasteiger partial charge in [-0.05, 0) is 63.1 Å². The molecule has 196 valence electrons. The Morgan fingerprint density at radius 2 is 1.57 bits per heavy atom. The van der Waals surface area contributed by atoms with Crippen LogP contribution in [0.3, 0.4) is 0 Å². The van der Waals surface area contributed by atoms with E-state index in [0.29, 0.717) is 6.54 Å². The number of rotatable bonds is 10. The lowest BCUT2D eigenvalue weighted by Gasteiger charge is -2.32. The lowest BCUT2D eigenvalue weighted by Crippen LogP contribution is -2.51. The van der Waals surface area contributed by atoms with Crippen molar-refractivity contribution in [3.8, 4) is 0 Å². The minimum absolute atomic E-state index is 0.0728. The Kier molecular flexibility index (Phi) is 9.04. The molecule has 0 saturated carbocycles. The van der Waals surface area contributed by atoms with Crippen molar-refractivity contribution in [2.75, 3.05) is 17.4 Å². The molecule has 3 aromatic carbocycles. The van der Waals surface area contributed by atoms with E-state index >= 15 is 0 Å². The molecular weight excluding hydrogens is 493 g/mol. The summed E-state index contributed by atoms with van der Waals surface area (Å²) < 4.78 is 43.0. The number of carbonyl (C=O) groups is 2. The molecule has 37 heavy (non-hydrogen) atoms. The standard InChI is InChI=1S/C28H32FN3O4S/c1-5-30-28(34)22(4)31(18-23-11-7-6-10-21(23)3)27(33)19-32(26-13-9-8-12-25(26)29)37(35,36)24-16-14-20(2)15-17-24/h6-17,22H,5,18-19H2,1-4H3,(H,30,34)/t22-/m1/s1. The fourth-order valence-corrected chi connectivity index (χ4v) is 5.30. The minimum atomic E-state index is -4.31. The van der Waals surface area contributed by atoms with Crippen molar-refractivity contribution >= 4 is 27.5 Å². The van der Waals surface area contributed by atoms with Crippen LogP contribution in [0.5, 0.6) is 0 Å². The molecule has 0 heterocycles. The molecule has 3 aromatic rings. The number of carbonyl (C=O) groups excluding carboxylic acids is 2. The van der Waals surface area contributed by atoms with E-state index in [2.05, 4.69) is 5.32 Å². The Labute approximate surface area is 218 Å². The predicted octanol–water partition coefficient (Wildman–Crippen LogP) is 4.19. The average Bonchev–Trinajstić information content (AvgIpc) is 2.87. The second kappa shape index (κ2) is 12.0. The fraction of sp³-hybridized carbons (Fsp3) is 0.286. The van der Waals surface area contributed by atoms with Gasteiger partial charge < -0.3 is 10.2 Å². The van der Waals surface area contributed by atoms with Crippen LogP contribution in [-0.2, 0) is 26.2 Å². The van der Waals surface area contributed by atoms with E-state index in [1.807, 2.05) is 38.1 Å². The van der Waals surface area contributed by atoms with Crippen LogP contribution in [0.4, 0.5) is 10.1 Å². The van der Waals surface area contributed by atoms with E-state index in [9.17, 15) is 22.4 Å². The SMILES string of the molecule is CCNC(=O)[C@@H](C)N(Cc1ccccc1C)C(=O)CN(c1ccccc1F)S(=O)(=O)c1ccc(C)cc1. The van der Waals surface area contributed by atoms with E-state index in [4.69, 9.17) is 0 Å². The molecule has 2 amide bonds. The summed E-state index contributed by atoms with van der Waals surface area (Å²) in [5, 5.41) is 2.71. The molecule has 0 aliphatic rings. The van der Waals surface area contributed by atoms with Gasteiger partial charge in [0.05, 0.1) is 10.6 Å². The van der Waals surface area contributed by atoms with Crippen LogP contribution in [0.2, 0.25) is 0 Å². The molecule has 0 aromatic heterocycles. The summed E-state index contributed by atoms with van der Waals surface area (Å²) in [7, 11) is -4.31. The number of para-hydroxylation sites is 1. The third-order valence-corrected chi connectivity index (χ3v) is 7.90. The molecular formula is C28H32FN3O4S. The number of nitrogens with one attached hydrogen (secondary N) is 1. The number of amides is 2. The monoisotopic (exact) mass is 525 g/mol. The van der Waals surface area contributed by atoms with Gasteiger partial charge in [-0.1, -0.05) is 54.1 Å². The molecule has 0 unspecified atom stereocenters. The second-order valence-corrected chi connectivity index (χ2v) is 10.7. The van der Waals surface area contributed by atoms with Gasteiger partial charge in [0.25, 0.3) is 10.0 Å². The zero-order valence-corrected chi connectivity index (χ0v) is 22.3. The van der Waals surface area contributed by atoms with Gasteiger partial charge in [0.2, 0.25) is 11.8 Å². The highest BCUT2D eigenvalue weighted by molar-refractivity contribution is 7.92. The van der Waals surface area contributed by atoms with E-state index in [1.54, 1.807) is 26.0 Å². The number of hydrogen-bond acceptors (Lipinski definition) is 4. The zero-order valence-electron chi connectivity index (χ0n) is 21.4. The number of hydrogen-bond donors (Lipinski definition) is 1. The Balaban J connectivity index is 2.05. The van der Waals surface area contributed by atoms with Crippen LogP contribution >= 0.6 is 0 Å². The van der Waals surface area contributed by atoms with E-state index < -0.39 is 34.3 Å². The van der Waals surface area contributed by atoms with Gasteiger partial charge in [-0.15, -0.1) is 0 Å². The molecule has 0 spiro atoms. The molecule has 9 heteroatoms. The molecule has 0 aliphatic heterocycles. The number of anilines is 1. The highest BCUT2D eigenvalue weighted by atomic mass is 32.2. The normalized spacial score (nSPS) is 12.0. The van der Waals surface area contributed by atoms with Gasteiger partial charge in [0.1, 0.15) is 18.4 Å². The summed E-state index contributed by atoms with van der Waals surface area (Å²) in [6.45, 7) is 6.84. The summed E-state index contributed by atoms with van der Waals surface area (Å²) in [5.74, 6) is -1.79. The topological polar surface area (TPSA) is 86.8 Å². The van der Waals surface area contributed by atoms with Gasteiger partial charge >= 0.3 is 0 Å². The first-order valence-corrected chi connectivity index (χ1v) is 13.5. The maximum atomic E-state index is 14.9. The van der Waals surface area contributed by atoms with Crippen molar-refractivity contribution in [2.24, 2.45) is 0 Å². The number of aryl methyl sites for hydroxylation is 2. The van der Waals surface area contributed by atoms with Gasteiger partial charge in [0, 0.05) is 13.1 Å². The van der Waals surface area contributed by atoms with Crippen LogP contribution in [0.15, 0.2) is 77.7 Å². The van der Waals surface area contributed by atoms with Gasteiger partial charge in [-0.3, -0.25) is 13.9 Å². The van der Waals surface area contributed by atoms with Crippen molar-refractivity contribution < 1.29 is 22.4 Å². The van der Waals surface area contributed by atoms with Crippen molar-refractivity contribution in [1.29, 1.82) is 0 Å². The summed E-state index contributed by atoms with van der Waals surface area (Å²) in [6, 6.07) is 18.1. The molecule has 7 nitrogen and oxygen atoms in total. The van der Waals surface area contributed by atoms with Crippen LogP contribution in [0.25, 0.3) is 0 Å². The largest absolute Gasteiger partial charge is 0.355 e. The number of benzene rings is 3. The van der Waals surface area contributed by atoms with Crippen LogP contribution in [0, 0.1) is 19.7 Å². The number of nitrogens with zero attached hydrogens (tertiary/aromatic N) is 2. The number of likely N-dealkylation sites (N-methyl/N-ethyl adjacent to an activating group) is 1. The van der Waals surface area contributed by atoms with Gasteiger partial charge in [0.15, 0.2) is 0 Å². The second-order valence-electron chi connectivity index (χ2n) is 8.79. The van der Waals surface area contributed by atoms with Crippen molar-refractivity contribution in [1.82, 2.24) is 10.2 Å². The Bertz CT molecular complexity index is 1360. The molecule has 0 fully saturated rings. The molecule has 0 radical (unpaired) electrons. The summed E-state index contributed by atoms with van der Waals surface area (Å²) >= 11 is 0. The molecule has 0 bridgehead atoms. The third kappa shape index (κ3) is 6.54. The first-order valence-electron chi connectivity index (χ1n) is 12.0. The smallest absolute Gasteiger partial charge is 0.264 e. The van der Waals surface area contributed by atoms with Crippen LogP contribution in [0.1, 0.15) is 30.5 Å². The van der Waals surface area contributed by atoms with E-state index in [0.717, 1.165) is 27.1 Å². The Hall–Kier alpha value is -3.72. The molecule has 1 atom stereocenters. The molecule has 0 saturated heterocycles. The summed E-state index contributed by atoms with van der Waals surface area (Å²) in [4.78, 5) is 27.7. The Morgan fingerprint density at radius 3 is 2.19 bits per heavy atom. The molecule has 3 rings (SSSR count). The number of halogens is 1. The lowest BCUT2D eigenvalue weighted by molar-refractivity contribution is -0.139. The molecule has 0 aliphatic carbocycles. The predicted molar refractivity (Wildman–Crippen MR) is 142 cm³/mol. The number of sulfonamides is 1. The highest BCUT2D eigenvalue weighted by Crippen LogP contribution is 2.27. The summed E-state index contributed by atoms with van der Waals surface area (Å²) in [5.41, 5.74) is 2.33. The lowest BCUT2D eigenvalue weighted by atomic mass is 10.1. The fourth-order valence-electron chi connectivity index (χ4n) is 3.88. The quantitative estimate of drug-likeness (QED) is 0.430. The van der Waals surface area contributed by atoms with E-state index in [1.165, 1.54) is 35.2 Å². The maximum absolute atomic E-state index is 14.9. The maximum Gasteiger partial charge on any atom is 0.264 e. The first-order chi connectivity index (χ1) is 17.6. The Morgan fingerprint density at radius 1 is 0.946 bits per heavy atom. The van der Waals surface area contributed by atoms with Crippen LogP contribution < -0.4 is 9.62 Å². The average molecular weight is 526 g/mol.